The standard InChI is InChI=1S/C8H6N2O2/c9-7(11)4-3-6-2-1-5-10-8(6)12/h1-2,5H,(H2,9,11)(H,10,12). The fourth-order valence-electron chi connectivity index (χ4n) is 0.649. The van der Waals surface area contributed by atoms with Crippen LogP contribution in [0.25, 0.3) is 0 Å². The first-order chi connectivity index (χ1) is 5.70. The van der Waals surface area contributed by atoms with Gasteiger partial charge in [0, 0.05) is 12.1 Å². The van der Waals surface area contributed by atoms with E-state index in [1.54, 1.807) is 6.07 Å². The number of nitrogens with one attached hydrogen (secondary N) is 1. The molecule has 0 unspecified atom stereocenters. The molecule has 12 heavy (non-hydrogen) atoms. The lowest BCUT2D eigenvalue weighted by molar-refractivity contribution is -0.112. The smallest absolute Gasteiger partial charge is 0.293 e. The Kier molecular flexibility index (Phi) is 2.29. The molecule has 0 aromatic carbocycles. The van der Waals surface area contributed by atoms with Crippen LogP contribution < -0.4 is 11.3 Å². The predicted octanol–water partition coefficient (Wildman–Crippen LogP) is -0.788. The number of carbonyl (C=O) groups is 1. The van der Waals surface area contributed by atoms with Gasteiger partial charge in [-0.15, -0.1) is 0 Å². The van der Waals surface area contributed by atoms with Gasteiger partial charge in [0.05, 0.1) is 5.56 Å². The summed E-state index contributed by atoms with van der Waals surface area (Å²) in [7, 11) is 0. The van der Waals surface area contributed by atoms with Gasteiger partial charge in [0.15, 0.2) is 0 Å². The van der Waals surface area contributed by atoms with Gasteiger partial charge >= 0.3 is 0 Å². The molecule has 0 fully saturated rings. The maximum Gasteiger partial charge on any atom is 0.293 e. The summed E-state index contributed by atoms with van der Waals surface area (Å²) in [6.07, 6.45) is 1.48. The van der Waals surface area contributed by atoms with Crippen molar-refractivity contribution >= 4 is 5.91 Å². The van der Waals surface area contributed by atoms with Crippen LogP contribution in [0.3, 0.4) is 0 Å². The molecule has 0 saturated heterocycles. The Morgan fingerprint density at radius 3 is 2.92 bits per heavy atom. The minimum Gasteiger partial charge on any atom is -0.359 e. The first-order valence-corrected chi connectivity index (χ1v) is 3.19. The van der Waals surface area contributed by atoms with E-state index < -0.39 is 5.91 Å². The summed E-state index contributed by atoms with van der Waals surface area (Å²) in [5.74, 6) is 3.66. The Hall–Kier alpha value is -2.02. The van der Waals surface area contributed by atoms with Crippen molar-refractivity contribution in [2.75, 3.05) is 0 Å². The zero-order valence-electron chi connectivity index (χ0n) is 6.13. The molecule has 0 bridgehead atoms. The highest BCUT2D eigenvalue weighted by Crippen LogP contribution is 1.83. The normalized spacial score (nSPS) is 8.33. The average Bonchev–Trinajstić information content (AvgIpc) is 2.03. The SMILES string of the molecule is NC(=O)C#Cc1ccc[nH]c1=O. The van der Waals surface area contributed by atoms with Crippen LogP contribution in [-0.2, 0) is 4.79 Å². The summed E-state index contributed by atoms with van der Waals surface area (Å²) < 4.78 is 0. The second-order valence-corrected chi connectivity index (χ2v) is 2.03. The van der Waals surface area contributed by atoms with Crippen LogP contribution in [-0.4, -0.2) is 10.9 Å². The van der Waals surface area contributed by atoms with Gasteiger partial charge < -0.3 is 10.7 Å². The van der Waals surface area contributed by atoms with Gasteiger partial charge in [0.1, 0.15) is 0 Å². The number of amides is 1. The third-order valence-corrected chi connectivity index (χ3v) is 1.14. The molecule has 1 amide bonds. The van der Waals surface area contributed by atoms with Crippen LogP contribution in [0.1, 0.15) is 5.56 Å². The molecule has 4 heteroatoms. The van der Waals surface area contributed by atoms with Crippen LogP contribution in [0, 0.1) is 11.8 Å². The highest BCUT2D eigenvalue weighted by atomic mass is 16.1. The van der Waals surface area contributed by atoms with Crippen LogP contribution >= 0.6 is 0 Å². The molecule has 4 nitrogen and oxygen atoms in total. The molecule has 0 aliphatic carbocycles. The molecule has 0 aliphatic heterocycles. The van der Waals surface area contributed by atoms with E-state index in [9.17, 15) is 9.59 Å². The monoisotopic (exact) mass is 162 g/mol. The Labute approximate surface area is 68.4 Å². The highest BCUT2D eigenvalue weighted by Gasteiger charge is 1.91. The quantitative estimate of drug-likeness (QED) is 0.490. The van der Waals surface area contributed by atoms with Crippen molar-refractivity contribution in [2.45, 2.75) is 0 Å². The Balaban J connectivity index is 3.08. The van der Waals surface area contributed by atoms with Crippen LogP contribution in [0.2, 0.25) is 0 Å². The predicted molar refractivity (Wildman–Crippen MR) is 43.1 cm³/mol. The van der Waals surface area contributed by atoms with Crippen LogP contribution in [0.4, 0.5) is 0 Å². The summed E-state index contributed by atoms with van der Waals surface area (Å²) in [6.45, 7) is 0. The van der Waals surface area contributed by atoms with Gasteiger partial charge in [-0.25, -0.2) is 0 Å². The lowest BCUT2D eigenvalue weighted by atomic mass is 10.3. The van der Waals surface area contributed by atoms with E-state index >= 15 is 0 Å². The molecule has 1 heterocycles. The molecule has 60 valence electrons. The highest BCUT2D eigenvalue weighted by molar-refractivity contribution is 5.92. The number of rotatable bonds is 0. The molecule has 1 rings (SSSR count). The first-order valence-electron chi connectivity index (χ1n) is 3.19. The van der Waals surface area contributed by atoms with Crippen molar-refractivity contribution in [2.24, 2.45) is 5.73 Å². The van der Waals surface area contributed by atoms with Crippen LogP contribution in [0.5, 0.6) is 0 Å². The van der Waals surface area contributed by atoms with Crippen molar-refractivity contribution in [3.05, 3.63) is 34.2 Å². The molecule has 1 aromatic rings. The van der Waals surface area contributed by atoms with E-state index in [1.165, 1.54) is 12.3 Å². The molecule has 0 aliphatic rings. The lowest BCUT2D eigenvalue weighted by Crippen LogP contribution is -2.10. The summed E-state index contributed by atoms with van der Waals surface area (Å²) in [5.41, 5.74) is 4.67. The third kappa shape index (κ3) is 1.99. The van der Waals surface area contributed by atoms with E-state index in [-0.39, 0.29) is 11.1 Å². The average molecular weight is 162 g/mol. The third-order valence-electron chi connectivity index (χ3n) is 1.14. The maximum atomic E-state index is 10.9. The summed E-state index contributed by atoms with van der Waals surface area (Å²) in [5, 5.41) is 0. The second kappa shape index (κ2) is 3.39. The van der Waals surface area contributed by atoms with Gasteiger partial charge in [-0.3, -0.25) is 9.59 Å². The molecule has 0 spiro atoms. The molecular formula is C8H6N2O2. The zero-order chi connectivity index (χ0) is 8.97. The summed E-state index contributed by atoms with van der Waals surface area (Å²) in [4.78, 5) is 23.6. The van der Waals surface area contributed by atoms with E-state index in [0.717, 1.165) is 0 Å². The summed E-state index contributed by atoms with van der Waals surface area (Å²) >= 11 is 0. The number of aromatic amines is 1. The fraction of sp³-hybridized carbons (Fsp3) is 0. The van der Waals surface area contributed by atoms with Crippen molar-refractivity contribution in [3.8, 4) is 11.8 Å². The lowest BCUT2D eigenvalue weighted by Gasteiger charge is -1.84. The topological polar surface area (TPSA) is 76.0 Å². The van der Waals surface area contributed by atoms with E-state index in [1.807, 2.05) is 0 Å². The number of aromatic nitrogens is 1. The zero-order valence-corrected chi connectivity index (χ0v) is 6.13. The van der Waals surface area contributed by atoms with Crippen LogP contribution in [0.15, 0.2) is 23.1 Å². The van der Waals surface area contributed by atoms with Crippen molar-refractivity contribution < 1.29 is 4.79 Å². The maximum absolute atomic E-state index is 10.9. The Bertz CT molecular complexity index is 409. The molecule has 0 radical (unpaired) electrons. The fourth-order valence-corrected chi connectivity index (χ4v) is 0.649. The van der Waals surface area contributed by atoms with Gasteiger partial charge in [0.2, 0.25) is 0 Å². The molecular weight excluding hydrogens is 156 g/mol. The van der Waals surface area contributed by atoms with Crippen molar-refractivity contribution in [1.82, 2.24) is 4.98 Å². The van der Waals surface area contributed by atoms with Gasteiger partial charge in [-0.05, 0) is 12.1 Å². The number of H-pyrrole nitrogens is 1. The molecule has 3 N–H and O–H groups in total. The molecule has 0 atom stereocenters. The van der Waals surface area contributed by atoms with E-state index in [2.05, 4.69) is 16.8 Å². The number of hydrogen-bond donors (Lipinski definition) is 2. The minimum atomic E-state index is -0.752. The second-order valence-electron chi connectivity index (χ2n) is 2.03. The Morgan fingerprint density at radius 1 is 1.58 bits per heavy atom. The first kappa shape index (κ1) is 8.08. The number of hydrogen-bond acceptors (Lipinski definition) is 2. The van der Waals surface area contributed by atoms with Gasteiger partial charge in [-0.2, -0.15) is 0 Å². The number of pyridine rings is 1. The van der Waals surface area contributed by atoms with Gasteiger partial charge in [0.25, 0.3) is 11.5 Å². The summed E-state index contributed by atoms with van der Waals surface area (Å²) in [6, 6.07) is 3.13. The molecule has 1 aromatic heterocycles. The van der Waals surface area contributed by atoms with E-state index in [4.69, 9.17) is 5.73 Å². The minimum absolute atomic E-state index is 0.233. The van der Waals surface area contributed by atoms with E-state index in [0.29, 0.717) is 0 Å². The van der Waals surface area contributed by atoms with Crippen molar-refractivity contribution in [3.63, 3.8) is 0 Å². The number of carbonyl (C=O) groups excluding carboxylic acids is 1. The number of nitrogens with two attached hydrogens (primary N) is 1. The van der Waals surface area contributed by atoms with Gasteiger partial charge in [-0.1, -0.05) is 5.92 Å². The Morgan fingerprint density at radius 2 is 2.33 bits per heavy atom. The largest absolute Gasteiger partial charge is 0.359 e. The van der Waals surface area contributed by atoms with Crippen molar-refractivity contribution in [1.29, 1.82) is 0 Å². The molecule has 0 saturated carbocycles. The number of primary amides is 1.